The van der Waals surface area contributed by atoms with Gasteiger partial charge in [0.1, 0.15) is 21.5 Å². The van der Waals surface area contributed by atoms with Crippen molar-refractivity contribution >= 4 is 38.7 Å². The topological polar surface area (TPSA) is 109 Å². The molecule has 2 aliphatic heterocycles. The quantitative estimate of drug-likeness (QED) is 0.261. The van der Waals surface area contributed by atoms with Crippen LogP contribution in [0.5, 0.6) is 0 Å². The third-order valence-corrected chi connectivity index (χ3v) is 11.0. The van der Waals surface area contributed by atoms with Gasteiger partial charge in [-0.25, -0.2) is 9.50 Å². The Morgan fingerprint density at radius 2 is 1.85 bits per heavy atom. The van der Waals surface area contributed by atoms with Crippen LogP contribution in [0.25, 0.3) is 16.1 Å². The summed E-state index contributed by atoms with van der Waals surface area (Å²) in [7, 11) is 0. The number of pyridine rings is 1. The largest absolute Gasteiger partial charge is 0.388 e. The number of fused-ring (bicyclic) bond motifs is 1. The number of halogens is 1. The Morgan fingerprint density at radius 1 is 1.04 bits per heavy atom. The minimum atomic E-state index is -1.09. The van der Waals surface area contributed by atoms with E-state index in [-0.39, 0.29) is 29.8 Å². The zero-order chi connectivity index (χ0) is 31.8. The molecule has 0 saturated carbocycles. The Morgan fingerprint density at radius 3 is 2.61 bits per heavy atom. The number of amides is 1. The number of hydrogen-bond donors (Lipinski definition) is 1. The molecule has 0 bridgehead atoms. The highest BCUT2D eigenvalue weighted by Gasteiger charge is 2.41. The Kier molecular flexibility index (Phi) is 8.62. The molecular formula is C34H36BrN7O3S. The number of carbonyl (C=O) groups excluding carboxylic acids is 1. The summed E-state index contributed by atoms with van der Waals surface area (Å²) < 4.78 is 3.71. The van der Waals surface area contributed by atoms with Gasteiger partial charge in [0.2, 0.25) is 5.91 Å². The lowest BCUT2D eigenvalue weighted by Gasteiger charge is -2.43. The number of nitrogens with zero attached hydrogens (tertiary/aromatic N) is 7. The van der Waals surface area contributed by atoms with Crippen LogP contribution in [0.1, 0.15) is 41.3 Å². The number of likely N-dealkylation sites (tertiary alicyclic amines) is 2. The second-order valence-corrected chi connectivity index (χ2v) is 14.5. The zero-order valence-corrected chi connectivity index (χ0v) is 28.0. The van der Waals surface area contributed by atoms with Crippen molar-refractivity contribution in [3.8, 4) is 10.6 Å². The van der Waals surface area contributed by atoms with Crippen molar-refractivity contribution in [2.45, 2.75) is 50.8 Å². The molecule has 4 aromatic heterocycles. The summed E-state index contributed by atoms with van der Waals surface area (Å²) in [6, 6.07) is 17.9. The number of thiazole rings is 1. The second kappa shape index (κ2) is 12.8. The second-order valence-electron chi connectivity index (χ2n) is 12.5. The first-order valence-electron chi connectivity index (χ1n) is 15.7. The van der Waals surface area contributed by atoms with Gasteiger partial charge in [-0.05, 0) is 78.5 Å². The van der Waals surface area contributed by atoms with Crippen molar-refractivity contribution in [2.75, 3.05) is 26.2 Å². The van der Waals surface area contributed by atoms with Crippen molar-refractivity contribution in [3.63, 3.8) is 0 Å². The molecule has 0 radical (unpaired) electrons. The van der Waals surface area contributed by atoms with Crippen LogP contribution in [-0.4, -0.2) is 76.7 Å². The first kappa shape index (κ1) is 30.9. The molecule has 1 amide bonds. The van der Waals surface area contributed by atoms with E-state index in [4.69, 9.17) is 0 Å². The molecule has 238 valence electrons. The highest BCUT2D eigenvalue weighted by molar-refractivity contribution is 9.10. The molecule has 0 aliphatic carbocycles. The van der Waals surface area contributed by atoms with E-state index in [1.807, 2.05) is 48.5 Å². The van der Waals surface area contributed by atoms with Crippen molar-refractivity contribution in [2.24, 2.45) is 5.92 Å². The Hall–Kier alpha value is -3.71. The van der Waals surface area contributed by atoms with Crippen LogP contribution in [0.4, 0.5) is 0 Å². The van der Waals surface area contributed by atoms with Crippen molar-refractivity contribution in [1.29, 1.82) is 0 Å². The van der Waals surface area contributed by atoms with Crippen LogP contribution in [0.2, 0.25) is 0 Å². The molecule has 7 rings (SSSR count). The molecule has 46 heavy (non-hydrogen) atoms. The number of benzene rings is 1. The number of aromatic nitrogens is 5. The van der Waals surface area contributed by atoms with Crippen molar-refractivity contribution < 1.29 is 9.90 Å². The van der Waals surface area contributed by atoms with Gasteiger partial charge in [0.05, 0.1) is 12.1 Å². The molecule has 2 atom stereocenters. The third-order valence-electron chi connectivity index (χ3n) is 9.40. The predicted octanol–water partition coefficient (Wildman–Crippen LogP) is 4.74. The summed E-state index contributed by atoms with van der Waals surface area (Å²) in [6.07, 6.45) is 6.88. The molecular weight excluding hydrogens is 666 g/mol. The smallest absolute Gasteiger partial charge is 0.277 e. The summed E-state index contributed by atoms with van der Waals surface area (Å²) in [6.45, 7) is 5.43. The molecule has 2 saturated heterocycles. The molecule has 5 aromatic rings. The summed E-state index contributed by atoms with van der Waals surface area (Å²) in [5.41, 5.74) is 2.35. The predicted molar refractivity (Wildman–Crippen MR) is 181 cm³/mol. The van der Waals surface area contributed by atoms with E-state index < -0.39 is 5.60 Å². The highest BCUT2D eigenvalue weighted by atomic mass is 79.9. The van der Waals surface area contributed by atoms with Gasteiger partial charge in [0.25, 0.3) is 5.56 Å². The fraction of sp³-hybridized carbons (Fsp3) is 0.382. The molecule has 2 fully saturated rings. The van der Waals surface area contributed by atoms with E-state index in [0.717, 1.165) is 42.3 Å². The minimum Gasteiger partial charge on any atom is -0.388 e. The standard InChI is InChI=1S/C34H36BrN7O3S/c1-23-7-8-25(17-36-23)31-37-18-26(46-31)19-39-14-11-27(28(20-39)24-5-3-2-4-6-24)32(43)40-15-12-34(45,13-16-40)21-41-22-38-42-29(33(41)44)9-10-30(42)35/h2-10,17-18,22,27-28,45H,11-16,19-21H2,1H3/t27-,28+/m1/s1. The molecule has 0 unspecified atom stereocenters. The van der Waals surface area contributed by atoms with Crippen LogP contribution in [-0.2, 0) is 17.9 Å². The lowest BCUT2D eigenvalue weighted by Crippen LogP contribution is -2.53. The van der Waals surface area contributed by atoms with Gasteiger partial charge in [-0.15, -0.1) is 11.3 Å². The zero-order valence-electron chi connectivity index (χ0n) is 25.6. The molecule has 1 N–H and O–H groups in total. The fourth-order valence-corrected chi connectivity index (χ4v) is 8.15. The number of piperidine rings is 2. The average molecular weight is 703 g/mol. The molecule has 10 nitrogen and oxygen atoms in total. The number of carbonyl (C=O) groups is 1. The minimum absolute atomic E-state index is 0.0645. The number of aliphatic hydroxyl groups is 1. The van der Waals surface area contributed by atoms with E-state index in [1.54, 1.807) is 23.5 Å². The average Bonchev–Trinajstić information content (AvgIpc) is 3.70. The van der Waals surface area contributed by atoms with E-state index in [9.17, 15) is 14.7 Å². The van der Waals surface area contributed by atoms with E-state index >= 15 is 0 Å². The Labute approximate surface area is 279 Å². The van der Waals surface area contributed by atoms with Crippen LogP contribution < -0.4 is 5.56 Å². The monoisotopic (exact) mass is 701 g/mol. The lowest BCUT2D eigenvalue weighted by molar-refractivity contribution is -0.142. The molecule has 2 aliphatic rings. The fourth-order valence-electron chi connectivity index (χ4n) is 6.79. The third kappa shape index (κ3) is 6.31. The first-order chi connectivity index (χ1) is 22.3. The van der Waals surface area contributed by atoms with Crippen molar-refractivity contribution in [3.05, 3.63) is 104 Å². The van der Waals surface area contributed by atoms with Gasteiger partial charge in [0.15, 0.2) is 0 Å². The van der Waals surface area contributed by atoms with Crippen LogP contribution >= 0.6 is 27.3 Å². The highest BCUT2D eigenvalue weighted by Crippen LogP contribution is 2.37. The molecule has 6 heterocycles. The van der Waals surface area contributed by atoms with Crippen LogP contribution in [0.15, 0.2) is 82.7 Å². The van der Waals surface area contributed by atoms with Gasteiger partial charge in [-0.1, -0.05) is 30.3 Å². The summed E-state index contributed by atoms with van der Waals surface area (Å²) in [4.78, 5) is 41.8. The van der Waals surface area contributed by atoms with Crippen LogP contribution in [0, 0.1) is 12.8 Å². The van der Waals surface area contributed by atoms with E-state index in [0.29, 0.717) is 36.1 Å². The Balaban J connectivity index is 1.02. The van der Waals surface area contributed by atoms with Gasteiger partial charge >= 0.3 is 0 Å². The van der Waals surface area contributed by atoms with E-state index in [2.05, 4.69) is 54.1 Å². The maximum absolute atomic E-state index is 14.1. The summed E-state index contributed by atoms with van der Waals surface area (Å²) in [5.74, 6) is 0.0815. The molecule has 12 heteroatoms. The summed E-state index contributed by atoms with van der Waals surface area (Å²) in [5, 5.41) is 16.8. The number of hydrogen-bond acceptors (Lipinski definition) is 8. The summed E-state index contributed by atoms with van der Waals surface area (Å²) >= 11 is 5.09. The van der Waals surface area contributed by atoms with Crippen molar-refractivity contribution in [1.82, 2.24) is 33.9 Å². The Bertz CT molecular complexity index is 1900. The maximum atomic E-state index is 14.1. The lowest BCUT2D eigenvalue weighted by atomic mass is 9.79. The van der Waals surface area contributed by atoms with Gasteiger partial charge in [-0.2, -0.15) is 5.10 Å². The molecule has 0 spiro atoms. The first-order valence-corrected chi connectivity index (χ1v) is 17.3. The maximum Gasteiger partial charge on any atom is 0.277 e. The SMILES string of the molecule is Cc1ccc(-c2ncc(CN3CC[C@@H](C(=O)N4CCC(O)(Cn5cnn6c(Br)ccc6c5=O)CC4)[C@H](c4ccccc4)C3)s2)cn1. The normalized spacial score (nSPS) is 20.3. The van der Waals surface area contributed by atoms with Gasteiger partial charge in [-0.3, -0.25) is 24.0 Å². The van der Waals surface area contributed by atoms with Gasteiger partial charge < -0.3 is 10.0 Å². The van der Waals surface area contributed by atoms with E-state index in [1.165, 1.54) is 25.9 Å². The number of aryl methyl sites for hydroxylation is 1. The van der Waals surface area contributed by atoms with Gasteiger partial charge in [0, 0.05) is 66.5 Å². The van der Waals surface area contributed by atoms with Crippen LogP contribution in [0.3, 0.4) is 0 Å². The number of rotatable bonds is 7. The molecule has 1 aromatic carbocycles.